The van der Waals surface area contributed by atoms with Gasteiger partial charge in [0, 0.05) is 6.42 Å². The first-order valence-electron chi connectivity index (χ1n) is 5.73. The van der Waals surface area contributed by atoms with Crippen LogP contribution in [0.5, 0.6) is 0 Å². The zero-order valence-corrected chi connectivity index (χ0v) is 9.88. The molecule has 94 valence electrons. The molecular formula is C13H17F2NO. The third-order valence-electron chi connectivity index (χ3n) is 2.77. The molecule has 0 radical (unpaired) electrons. The van der Waals surface area contributed by atoms with Crippen LogP contribution in [0.2, 0.25) is 0 Å². The van der Waals surface area contributed by atoms with E-state index in [9.17, 15) is 13.6 Å². The standard InChI is InChI=1S/C13H17F2NO/c1-9(7-8-16)5-6-12(17)13-10(14)3-2-4-11(13)15/h2-4,9H,5-8,16H2,1H3. The Morgan fingerprint density at radius 1 is 1.29 bits per heavy atom. The molecule has 1 atom stereocenters. The number of halogens is 2. The maximum absolute atomic E-state index is 13.3. The van der Waals surface area contributed by atoms with Gasteiger partial charge in [-0.3, -0.25) is 4.79 Å². The van der Waals surface area contributed by atoms with Crippen LogP contribution >= 0.6 is 0 Å². The van der Waals surface area contributed by atoms with Crippen molar-refractivity contribution in [3.8, 4) is 0 Å². The maximum Gasteiger partial charge on any atom is 0.168 e. The lowest BCUT2D eigenvalue weighted by molar-refractivity contribution is 0.0966. The summed E-state index contributed by atoms with van der Waals surface area (Å²) in [5, 5.41) is 0. The number of nitrogens with two attached hydrogens (primary N) is 1. The Labute approximate surface area is 99.8 Å². The molecule has 1 aromatic carbocycles. The Morgan fingerprint density at radius 3 is 2.41 bits per heavy atom. The fraction of sp³-hybridized carbons (Fsp3) is 0.462. The van der Waals surface area contributed by atoms with Crippen LogP contribution in [0, 0.1) is 17.6 Å². The summed E-state index contributed by atoms with van der Waals surface area (Å²) in [5.74, 6) is -1.77. The summed E-state index contributed by atoms with van der Waals surface area (Å²) in [6, 6.07) is 3.44. The highest BCUT2D eigenvalue weighted by molar-refractivity contribution is 5.96. The lowest BCUT2D eigenvalue weighted by atomic mass is 9.97. The van der Waals surface area contributed by atoms with Gasteiger partial charge in [0.05, 0.1) is 5.56 Å². The molecule has 2 N–H and O–H groups in total. The number of carbonyl (C=O) groups excluding carboxylic acids is 1. The molecule has 4 heteroatoms. The number of carbonyl (C=O) groups is 1. The second kappa shape index (κ2) is 6.45. The van der Waals surface area contributed by atoms with Gasteiger partial charge in [-0.25, -0.2) is 8.78 Å². The molecule has 0 aliphatic rings. The monoisotopic (exact) mass is 241 g/mol. The predicted octanol–water partition coefficient (Wildman–Crippen LogP) is 2.91. The first-order chi connectivity index (χ1) is 8.06. The van der Waals surface area contributed by atoms with Gasteiger partial charge in [-0.1, -0.05) is 13.0 Å². The number of hydrogen-bond acceptors (Lipinski definition) is 2. The Balaban J connectivity index is 2.64. The third kappa shape index (κ3) is 3.89. The second-order valence-corrected chi connectivity index (χ2v) is 4.24. The fourth-order valence-corrected chi connectivity index (χ4v) is 1.70. The van der Waals surface area contributed by atoms with Gasteiger partial charge in [0.1, 0.15) is 11.6 Å². The van der Waals surface area contributed by atoms with E-state index in [1.54, 1.807) is 0 Å². The van der Waals surface area contributed by atoms with Crippen LogP contribution in [0.1, 0.15) is 36.5 Å². The van der Waals surface area contributed by atoms with Gasteiger partial charge in [-0.2, -0.15) is 0 Å². The van der Waals surface area contributed by atoms with Crippen molar-refractivity contribution in [3.05, 3.63) is 35.4 Å². The number of benzene rings is 1. The van der Waals surface area contributed by atoms with E-state index < -0.39 is 23.0 Å². The van der Waals surface area contributed by atoms with E-state index in [1.807, 2.05) is 6.92 Å². The van der Waals surface area contributed by atoms with Crippen molar-refractivity contribution in [1.29, 1.82) is 0 Å². The zero-order chi connectivity index (χ0) is 12.8. The summed E-state index contributed by atoms with van der Waals surface area (Å²) in [6.07, 6.45) is 1.57. The van der Waals surface area contributed by atoms with Crippen LogP contribution in [0.3, 0.4) is 0 Å². The van der Waals surface area contributed by atoms with Gasteiger partial charge >= 0.3 is 0 Å². The summed E-state index contributed by atoms with van der Waals surface area (Å²) >= 11 is 0. The van der Waals surface area contributed by atoms with Crippen molar-refractivity contribution in [3.63, 3.8) is 0 Å². The van der Waals surface area contributed by atoms with Crippen LogP contribution in [0.25, 0.3) is 0 Å². The molecule has 0 saturated carbocycles. The van der Waals surface area contributed by atoms with Crippen molar-refractivity contribution in [2.45, 2.75) is 26.2 Å². The number of rotatable bonds is 6. The molecule has 0 amide bonds. The van der Waals surface area contributed by atoms with Gasteiger partial charge in [0.25, 0.3) is 0 Å². The molecule has 0 aliphatic carbocycles. The lowest BCUT2D eigenvalue weighted by Gasteiger charge is -2.09. The molecule has 0 aliphatic heterocycles. The largest absolute Gasteiger partial charge is 0.330 e. The minimum Gasteiger partial charge on any atom is -0.330 e. The van der Waals surface area contributed by atoms with E-state index in [-0.39, 0.29) is 6.42 Å². The van der Waals surface area contributed by atoms with Gasteiger partial charge in [-0.05, 0) is 37.4 Å². The highest BCUT2D eigenvalue weighted by Crippen LogP contribution is 2.17. The predicted molar refractivity (Wildman–Crippen MR) is 62.8 cm³/mol. The van der Waals surface area contributed by atoms with E-state index in [0.29, 0.717) is 18.9 Å². The molecule has 1 rings (SSSR count). The van der Waals surface area contributed by atoms with Crippen molar-refractivity contribution in [2.75, 3.05) is 6.54 Å². The van der Waals surface area contributed by atoms with Crippen LogP contribution in [-0.4, -0.2) is 12.3 Å². The topological polar surface area (TPSA) is 43.1 Å². The van der Waals surface area contributed by atoms with Gasteiger partial charge < -0.3 is 5.73 Å². The first kappa shape index (κ1) is 13.8. The Kier molecular flexibility index (Phi) is 5.22. The summed E-state index contributed by atoms with van der Waals surface area (Å²) in [4.78, 5) is 11.7. The average Bonchev–Trinajstić information content (AvgIpc) is 2.26. The van der Waals surface area contributed by atoms with Crippen molar-refractivity contribution in [1.82, 2.24) is 0 Å². The molecule has 0 heterocycles. The van der Waals surface area contributed by atoms with Crippen LogP contribution in [-0.2, 0) is 0 Å². The second-order valence-electron chi connectivity index (χ2n) is 4.24. The molecule has 1 aromatic rings. The van der Waals surface area contributed by atoms with Crippen LogP contribution in [0.15, 0.2) is 18.2 Å². The van der Waals surface area contributed by atoms with Gasteiger partial charge in [0.15, 0.2) is 5.78 Å². The van der Waals surface area contributed by atoms with Crippen LogP contribution in [0.4, 0.5) is 8.78 Å². The minimum atomic E-state index is -0.790. The fourth-order valence-electron chi connectivity index (χ4n) is 1.70. The van der Waals surface area contributed by atoms with Gasteiger partial charge in [-0.15, -0.1) is 0 Å². The summed E-state index contributed by atoms with van der Waals surface area (Å²) in [6.45, 7) is 2.53. The van der Waals surface area contributed by atoms with E-state index in [0.717, 1.165) is 18.6 Å². The molecule has 0 saturated heterocycles. The lowest BCUT2D eigenvalue weighted by Crippen LogP contribution is -2.10. The smallest absolute Gasteiger partial charge is 0.168 e. The first-order valence-corrected chi connectivity index (χ1v) is 5.73. The molecule has 0 aromatic heterocycles. The molecular weight excluding hydrogens is 224 g/mol. The van der Waals surface area contributed by atoms with Crippen LogP contribution < -0.4 is 5.73 Å². The quantitative estimate of drug-likeness (QED) is 0.778. The van der Waals surface area contributed by atoms with Crippen molar-refractivity contribution >= 4 is 5.78 Å². The zero-order valence-electron chi connectivity index (χ0n) is 9.88. The maximum atomic E-state index is 13.3. The van der Waals surface area contributed by atoms with E-state index >= 15 is 0 Å². The van der Waals surface area contributed by atoms with Crippen molar-refractivity contribution in [2.24, 2.45) is 11.7 Å². The highest BCUT2D eigenvalue weighted by atomic mass is 19.1. The van der Waals surface area contributed by atoms with E-state index in [4.69, 9.17) is 5.73 Å². The summed E-state index contributed by atoms with van der Waals surface area (Å²) < 4.78 is 26.6. The van der Waals surface area contributed by atoms with Crippen molar-refractivity contribution < 1.29 is 13.6 Å². The summed E-state index contributed by atoms with van der Waals surface area (Å²) in [5.41, 5.74) is 4.97. The highest BCUT2D eigenvalue weighted by Gasteiger charge is 2.17. The SMILES string of the molecule is CC(CCN)CCC(=O)c1c(F)cccc1F. The molecule has 0 spiro atoms. The molecule has 17 heavy (non-hydrogen) atoms. The third-order valence-corrected chi connectivity index (χ3v) is 2.77. The van der Waals surface area contributed by atoms with Gasteiger partial charge in [0.2, 0.25) is 0 Å². The number of Topliss-reactive ketones (excluding diaryl/α,β-unsaturated/α-hetero) is 1. The molecule has 1 unspecified atom stereocenters. The van der Waals surface area contributed by atoms with E-state index in [2.05, 4.69) is 0 Å². The Morgan fingerprint density at radius 2 is 1.88 bits per heavy atom. The Bertz CT molecular complexity index is 373. The molecule has 0 fully saturated rings. The average molecular weight is 241 g/mol. The molecule has 0 bridgehead atoms. The van der Waals surface area contributed by atoms with E-state index in [1.165, 1.54) is 6.07 Å². The summed E-state index contributed by atoms with van der Waals surface area (Å²) in [7, 11) is 0. The Hall–Kier alpha value is -1.29. The normalized spacial score (nSPS) is 12.5. The minimum absolute atomic E-state index is 0.152. The number of ketones is 1. The number of hydrogen-bond donors (Lipinski definition) is 1. The molecule has 2 nitrogen and oxygen atoms in total.